The van der Waals surface area contributed by atoms with Crippen molar-refractivity contribution in [3.8, 4) is 5.75 Å². The highest BCUT2D eigenvalue weighted by molar-refractivity contribution is 5.92. The molecule has 0 bridgehead atoms. The number of hydrogen-bond donors (Lipinski definition) is 7. The lowest BCUT2D eigenvalue weighted by Crippen LogP contribution is -2.64. The summed E-state index contributed by atoms with van der Waals surface area (Å²) in [5.74, 6) is -3.25. The molecule has 2 aromatic carbocycles. The Hall–Kier alpha value is -3.81. The predicted octanol–water partition coefficient (Wildman–Crippen LogP) is -0.0770. The second-order valence-electron chi connectivity index (χ2n) is 8.81. The largest absolute Gasteiger partial charge is 0.497 e. The minimum absolute atomic E-state index is 0.000352. The third-order valence-electron chi connectivity index (χ3n) is 6.08. The molecule has 0 unspecified atom stereocenters. The maximum atomic E-state index is 13.8. The Balaban J connectivity index is 1.69. The molecule has 37 heavy (non-hydrogen) atoms. The van der Waals surface area contributed by atoms with Gasteiger partial charge in [-0.15, -0.1) is 0 Å². The first-order valence-electron chi connectivity index (χ1n) is 11.3. The van der Waals surface area contributed by atoms with Gasteiger partial charge < -0.3 is 41.7 Å². The van der Waals surface area contributed by atoms with Crippen LogP contribution in [0, 0.1) is 11.6 Å². The SMILES string of the molecule is COc1ccc(C[C@H](NC(=O)[C@@]2(O)C[C@@H](O)[C@H](O)[C@@H](NC(=O)Nc3ccc(F)cc3F)C2)C(N)=O)cc1. The van der Waals surface area contributed by atoms with Gasteiger partial charge in [0, 0.05) is 25.3 Å². The minimum Gasteiger partial charge on any atom is -0.497 e. The van der Waals surface area contributed by atoms with Crippen molar-refractivity contribution in [3.05, 3.63) is 59.7 Å². The summed E-state index contributed by atoms with van der Waals surface area (Å²) in [4.78, 5) is 37.3. The molecule has 2 aromatic rings. The van der Waals surface area contributed by atoms with E-state index in [2.05, 4.69) is 16.0 Å². The van der Waals surface area contributed by atoms with Crippen LogP contribution in [0.25, 0.3) is 0 Å². The lowest BCUT2D eigenvalue weighted by molar-refractivity contribution is -0.158. The van der Waals surface area contributed by atoms with Crippen LogP contribution in [0.5, 0.6) is 5.75 Å². The Morgan fingerprint density at radius 2 is 1.81 bits per heavy atom. The van der Waals surface area contributed by atoms with E-state index in [1.165, 1.54) is 7.11 Å². The number of rotatable bonds is 8. The van der Waals surface area contributed by atoms with Gasteiger partial charge in [0.05, 0.1) is 24.9 Å². The van der Waals surface area contributed by atoms with Crippen LogP contribution in [0.1, 0.15) is 18.4 Å². The van der Waals surface area contributed by atoms with E-state index in [1.54, 1.807) is 24.3 Å². The molecule has 5 atom stereocenters. The fraction of sp³-hybridized carbons (Fsp3) is 0.375. The topological polar surface area (TPSA) is 183 Å². The van der Waals surface area contributed by atoms with Crippen molar-refractivity contribution in [1.29, 1.82) is 0 Å². The molecule has 3 rings (SSSR count). The van der Waals surface area contributed by atoms with Crippen LogP contribution in [0.15, 0.2) is 42.5 Å². The maximum Gasteiger partial charge on any atom is 0.319 e. The minimum atomic E-state index is -2.30. The molecule has 4 amide bonds. The fourth-order valence-electron chi connectivity index (χ4n) is 4.05. The molecule has 8 N–H and O–H groups in total. The predicted molar refractivity (Wildman–Crippen MR) is 126 cm³/mol. The number of hydrogen-bond acceptors (Lipinski definition) is 7. The molecule has 1 aliphatic carbocycles. The van der Waals surface area contributed by atoms with Crippen molar-refractivity contribution in [1.82, 2.24) is 10.6 Å². The molecule has 0 aliphatic heterocycles. The number of anilines is 1. The van der Waals surface area contributed by atoms with Crippen molar-refractivity contribution in [2.45, 2.75) is 49.2 Å². The summed E-state index contributed by atoms with van der Waals surface area (Å²) in [6.07, 6.45) is -4.36. The van der Waals surface area contributed by atoms with Crippen molar-refractivity contribution in [2.75, 3.05) is 12.4 Å². The summed E-state index contributed by atoms with van der Waals surface area (Å²) >= 11 is 0. The van der Waals surface area contributed by atoms with Crippen LogP contribution in [0.4, 0.5) is 19.3 Å². The molecule has 13 heteroatoms. The number of amides is 4. The quantitative estimate of drug-likeness (QED) is 0.253. The van der Waals surface area contributed by atoms with E-state index in [4.69, 9.17) is 10.5 Å². The van der Waals surface area contributed by atoms with E-state index >= 15 is 0 Å². The van der Waals surface area contributed by atoms with Crippen molar-refractivity contribution in [2.24, 2.45) is 5.73 Å². The average molecular weight is 523 g/mol. The highest BCUT2D eigenvalue weighted by atomic mass is 19.1. The highest BCUT2D eigenvalue weighted by Gasteiger charge is 2.49. The van der Waals surface area contributed by atoms with E-state index in [0.717, 1.165) is 12.1 Å². The van der Waals surface area contributed by atoms with Crippen molar-refractivity contribution in [3.63, 3.8) is 0 Å². The Morgan fingerprint density at radius 1 is 1.14 bits per heavy atom. The molecule has 0 heterocycles. The average Bonchev–Trinajstić information content (AvgIpc) is 2.84. The van der Waals surface area contributed by atoms with Crippen LogP contribution in [-0.4, -0.2) is 70.2 Å². The number of carbonyl (C=O) groups is 3. The van der Waals surface area contributed by atoms with Crippen molar-refractivity contribution >= 4 is 23.5 Å². The first-order chi connectivity index (χ1) is 17.4. The zero-order chi connectivity index (χ0) is 27.3. The summed E-state index contributed by atoms with van der Waals surface area (Å²) in [5.41, 5.74) is 3.41. The molecule has 0 radical (unpaired) electrons. The number of aliphatic hydroxyl groups is 3. The molecule has 0 saturated heterocycles. The number of carbonyl (C=O) groups excluding carboxylic acids is 3. The van der Waals surface area contributed by atoms with Crippen LogP contribution in [0.2, 0.25) is 0 Å². The second kappa shape index (κ2) is 11.5. The Kier molecular flexibility index (Phi) is 8.63. The van der Waals surface area contributed by atoms with Gasteiger partial charge in [-0.25, -0.2) is 13.6 Å². The third kappa shape index (κ3) is 6.90. The Labute approximate surface area is 210 Å². The highest BCUT2D eigenvalue weighted by Crippen LogP contribution is 2.30. The van der Waals surface area contributed by atoms with Crippen molar-refractivity contribution < 1.29 is 43.2 Å². The summed E-state index contributed by atoms with van der Waals surface area (Å²) in [6, 6.07) is 5.48. The second-order valence-corrected chi connectivity index (χ2v) is 8.81. The summed E-state index contributed by atoms with van der Waals surface area (Å²) in [7, 11) is 1.49. The van der Waals surface area contributed by atoms with E-state index in [0.29, 0.717) is 17.4 Å². The van der Waals surface area contributed by atoms with Gasteiger partial charge in [-0.1, -0.05) is 12.1 Å². The number of nitrogens with one attached hydrogen (secondary N) is 3. The van der Waals surface area contributed by atoms with Crippen LogP contribution >= 0.6 is 0 Å². The van der Waals surface area contributed by atoms with Gasteiger partial charge in [0.1, 0.15) is 35.1 Å². The van der Waals surface area contributed by atoms with Crippen LogP contribution < -0.4 is 26.4 Å². The lowest BCUT2D eigenvalue weighted by Gasteiger charge is -2.41. The number of halogens is 2. The van der Waals surface area contributed by atoms with Gasteiger partial charge in [-0.3, -0.25) is 9.59 Å². The molecule has 0 spiro atoms. The van der Waals surface area contributed by atoms with Gasteiger partial charge in [0.2, 0.25) is 5.91 Å². The van der Waals surface area contributed by atoms with Crippen LogP contribution in [0.3, 0.4) is 0 Å². The first-order valence-corrected chi connectivity index (χ1v) is 11.3. The maximum absolute atomic E-state index is 13.8. The third-order valence-corrected chi connectivity index (χ3v) is 6.08. The standard InChI is InChI=1S/C24H28F2N4O7/c1-37-14-5-2-12(3-6-14)8-17(21(27)33)28-22(34)24(36)10-18(20(32)19(31)11-24)30-23(35)29-16-7-4-13(25)9-15(16)26/h2-7,9,17-20,31-32,36H,8,10-11H2,1H3,(H2,27,33)(H,28,34)(H2,29,30,35)/t17-,18-,19+,20+,24-/m0/s1. The lowest BCUT2D eigenvalue weighted by atomic mass is 9.77. The van der Waals surface area contributed by atoms with Gasteiger partial charge >= 0.3 is 6.03 Å². The molecular weight excluding hydrogens is 494 g/mol. The smallest absolute Gasteiger partial charge is 0.319 e. The summed E-state index contributed by atoms with van der Waals surface area (Å²) < 4.78 is 32.0. The van der Waals surface area contributed by atoms with Crippen LogP contribution in [-0.2, 0) is 16.0 Å². The van der Waals surface area contributed by atoms with Gasteiger partial charge in [-0.05, 0) is 29.8 Å². The first kappa shape index (κ1) is 27.8. The zero-order valence-electron chi connectivity index (χ0n) is 19.8. The molecule has 11 nitrogen and oxygen atoms in total. The van der Waals surface area contributed by atoms with E-state index < -0.39 is 72.2 Å². The molecular formula is C24H28F2N4O7. The number of benzene rings is 2. The molecule has 1 fully saturated rings. The monoisotopic (exact) mass is 522 g/mol. The Morgan fingerprint density at radius 3 is 2.41 bits per heavy atom. The van der Waals surface area contributed by atoms with Gasteiger partial charge in [-0.2, -0.15) is 0 Å². The van der Waals surface area contributed by atoms with Gasteiger partial charge in [0.15, 0.2) is 0 Å². The number of aliphatic hydroxyl groups excluding tert-OH is 2. The van der Waals surface area contributed by atoms with E-state index in [1.807, 2.05) is 0 Å². The normalized spacial score (nSPS) is 24.0. The molecule has 1 saturated carbocycles. The summed E-state index contributed by atoms with van der Waals surface area (Å²) in [6.45, 7) is 0. The number of nitrogens with two attached hydrogens (primary N) is 1. The Bertz CT molecular complexity index is 1150. The number of methoxy groups -OCH3 is 1. The number of ether oxygens (including phenoxy) is 1. The fourth-order valence-corrected chi connectivity index (χ4v) is 4.05. The summed E-state index contributed by atoms with van der Waals surface area (Å²) in [5, 5.41) is 38.4. The molecule has 1 aliphatic rings. The molecule has 0 aromatic heterocycles. The number of urea groups is 1. The zero-order valence-corrected chi connectivity index (χ0v) is 19.8. The van der Waals surface area contributed by atoms with E-state index in [9.17, 15) is 38.5 Å². The number of primary amides is 1. The molecule has 200 valence electrons. The van der Waals surface area contributed by atoms with E-state index in [-0.39, 0.29) is 12.1 Å². The van der Waals surface area contributed by atoms with Gasteiger partial charge in [0.25, 0.3) is 5.91 Å².